The molecule has 15 heavy (non-hydrogen) atoms. The van der Waals surface area contributed by atoms with E-state index in [1.807, 2.05) is 4.90 Å². The Hall–Kier alpha value is -0.870. The second kappa shape index (κ2) is 4.33. The summed E-state index contributed by atoms with van der Waals surface area (Å²) in [5.74, 6) is 0.0283. The van der Waals surface area contributed by atoms with Crippen molar-refractivity contribution < 1.29 is 9.53 Å². The SMILES string of the molecule is CC1=CCN(C(=O)C2COCC2N)CC1. The second-order valence-electron chi connectivity index (χ2n) is 4.39. The van der Waals surface area contributed by atoms with E-state index in [0.717, 1.165) is 19.5 Å². The van der Waals surface area contributed by atoms with Crippen LogP contribution in [0.25, 0.3) is 0 Å². The lowest BCUT2D eigenvalue weighted by molar-refractivity contribution is -0.135. The van der Waals surface area contributed by atoms with Crippen molar-refractivity contribution in [2.24, 2.45) is 11.7 Å². The van der Waals surface area contributed by atoms with Gasteiger partial charge in [-0.1, -0.05) is 11.6 Å². The summed E-state index contributed by atoms with van der Waals surface area (Å²) in [5.41, 5.74) is 7.19. The lowest BCUT2D eigenvalue weighted by Gasteiger charge is -2.28. The Bertz CT molecular complexity index is 288. The summed E-state index contributed by atoms with van der Waals surface area (Å²) in [5, 5.41) is 0. The van der Waals surface area contributed by atoms with E-state index in [-0.39, 0.29) is 17.9 Å². The molecule has 0 aromatic heterocycles. The number of amides is 1. The van der Waals surface area contributed by atoms with E-state index in [1.165, 1.54) is 5.57 Å². The zero-order chi connectivity index (χ0) is 10.8. The number of carbonyl (C=O) groups is 1. The molecule has 2 aliphatic rings. The Kier molecular flexibility index (Phi) is 3.07. The fourth-order valence-corrected chi connectivity index (χ4v) is 2.03. The predicted octanol–water partition coefficient (Wildman–Crippen LogP) is 0.139. The highest BCUT2D eigenvalue weighted by molar-refractivity contribution is 5.80. The molecule has 0 radical (unpaired) electrons. The largest absolute Gasteiger partial charge is 0.379 e. The van der Waals surface area contributed by atoms with E-state index in [2.05, 4.69) is 13.0 Å². The van der Waals surface area contributed by atoms with Gasteiger partial charge in [0.15, 0.2) is 0 Å². The fraction of sp³-hybridized carbons (Fsp3) is 0.727. The zero-order valence-electron chi connectivity index (χ0n) is 9.11. The van der Waals surface area contributed by atoms with Crippen LogP contribution in [0.5, 0.6) is 0 Å². The third-order valence-corrected chi connectivity index (χ3v) is 3.19. The van der Waals surface area contributed by atoms with Crippen LogP contribution in [-0.4, -0.2) is 43.2 Å². The molecule has 4 nitrogen and oxygen atoms in total. The predicted molar refractivity (Wildman–Crippen MR) is 57.2 cm³/mol. The molecule has 0 aromatic rings. The van der Waals surface area contributed by atoms with Gasteiger partial charge in [0.25, 0.3) is 0 Å². The van der Waals surface area contributed by atoms with Crippen LogP contribution in [0.2, 0.25) is 0 Å². The molecule has 0 aromatic carbocycles. The van der Waals surface area contributed by atoms with Crippen molar-refractivity contribution in [1.29, 1.82) is 0 Å². The summed E-state index contributed by atoms with van der Waals surface area (Å²) in [6.45, 7) is 4.66. The minimum Gasteiger partial charge on any atom is -0.379 e. The van der Waals surface area contributed by atoms with Gasteiger partial charge in [-0.2, -0.15) is 0 Å². The van der Waals surface area contributed by atoms with Crippen LogP contribution in [0.3, 0.4) is 0 Å². The summed E-state index contributed by atoms with van der Waals surface area (Å²) in [7, 11) is 0. The van der Waals surface area contributed by atoms with Gasteiger partial charge in [-0.05, 0) is 13.3 Å². The average Bonchev–Trinajstić information content (AvgIpc) is 2.65. The molecule has 2 heterocycles. The topological polar surface area (TPSA) is 55.6 Å². The molecule has 2 atom stereocenters. The number of ether oxygens (including phenoxy) is 1. The number of hydrogen-bond acceptors (Lipinski definition) is 3. The molecule has 1 saturated heterocycles. The summed E-state index contributed by atoms with van der Waals surface area (Å²) in [6.07, 6.45) is 3.09. The zero-order valence-corrected chi connectivity index (χ0v) is 9.11. The molecule has 0 saturated carbocycles. The van der Waals surface area contributed by atoms with E-state index in [0.29, 0.717) is 13.2 Å². The smallest absolute Gasteiger partial charge is 0.229 e. The summed E-state index contributed by atoms with van der Waals surface area (Å²) >= 11 is 0. The minimum atomic E-state index is -0.128. The molecule has 2 rings (SSSR count). The highest BCUT2D eigenvalue weighted by Crippen LogP contribution is 2.18. The maximum Gasteiger partial charge on any atom is 0.229 e. The molecule has 84 valence electrons. The van der Waals surface area contributed by atoms with Gasteiger partial charge in [0.05, 0.1) is 19.1 Å². The van der Waals surface area contributed by atoms with Crippen LogP contribution < -0.4 is 5.73 Å². The molecular formula is C11H18N2O2. The number of hydrogen-bond donors (Lipinski definition) is 1. The quantitative estimate of drug-likeness (QED) is 0.626. The summed E-state index contributed by atoms with van der Waals surface area (Å²) < 4.78 is 5.21. The van der Waals surface area contributed by atoms with Gasteiger partial charge in [-0.25, -0.2) is 0 Å². The van der Waals surface area contributed by atoms with Crippen molar-refractivity contribution in [3.05, 3.63) is 11.6 Å². The van der Waals surface area contributed by atoms with Gasteiger partial charge in [0.1, 0.15) is 0 Å². The van der Waals surface area contributed by atoms with Gasteiger partial charge < -0.3 is 15.4 Å². The molecule has 0 spiro atoms. The van der Waals surface area contributed by atoms with Crippen molar-refractivity contribution in [2.75, 3.05) is 26.3 Å². The molecule has 0 bridgehead atoms. The first-order chi connectivity index (χ1) is 7.18. The van der Waals surface area contributed by atoms with Crippen molar-refractivity contribution in [3.63, 3.8) is 0 Å². The van der Waals surface area contributed by atoms with Crippen molar-refractivity contribution >= 4 is 5.91 Å². The minimum absolute atomic E-state index is 0.121. The van der Waals surface area contributed by atoms with Gasteiger partial charge in [0, 0.05) is 19.1 Å². The van der Waals surface area contributed by atoms with E-state index < -0.39 is 0 Å². The summed E-state index contributed by atoms with van der Waals surface area (Å²) in [6, 6.07) is -0.121. The van der Waals surface area contributed by atoms with Crippen LogP contribution in [0.15, 0.2) is 11.6 Å². The lowest BCUT2D eigenvalue weighted by Crippen LogP contribution is -2.45. The third kappa shape index (κ3) is 2.21. The number of carbonyl (C=O) groups excluding carboxylic acids is 1. The average molecular weight is 210 g/mol. The third-order valence-electron chi connectivity index (χ3n) is 3.19. The molecule has 0 aliphatic carbocycles. The standard InChI is InChI=1S/C11H18N2O2/c1-8-2-4-13(5-3-8)11(14)9-6-15-7-10(9)12/h2,9-10H,3-7,12H2,1H3. The molecule has 2 unspecified atom stereocenters. The Morgan fingerprint density at radius 1 is 1.60 bits per heavy atom. The highest BCUT2D eigenvalue weighted by Gasteiger charge is 2.34. The van der Waals surface area contributed by atoms with Crippen molar-refractivity contribution in [3.8, 4) is 0 Å². The van der Waals surface area contributed by atoms with E-state index in [1.54, 1.807) is 0 Å². The molecule has 1 amide bonds. The number of rotatable bonds is 1. The Balaban J connectivity index is 1.96. The van der Waals surface area contributed by atoms with Crippen molar-refractivity contribution in [1.82, 2.24) is 4.90 Å². The molecular weight excluding hydrogens is 192 g/mol. The van der Waals surface area contributed by atoms with E-state index in [9.17, 15) is 4.79 Å². The fourth-order valence-electron chi connectivity index (χ4n) is 2.03. The maximum atomic E-state index is 12.1. The Labute approximate surface area is 90.1 Å². The Morgan fingerprint density at radius 3 is 2.93 bits per heavy atom. The first-order valence-corrected chi connectivity index (χ1v) is 5.46. The van der Waals surface area contributed by atoms with Gasteiger partial charge in [0.2, 0.25) is 5.91 Å². The Morgan fingerprint density at radius 2 is 2.40 bits per heavy atom. The molecule has 1 fully saturated rings. The lowest BCUT2D eigenvalue weighted by atomic mass is 10.0. The molecule has 2 aliphatic heterocycles. The monoisotopic (exact) mass is 210 g/mol. The maximum absolute atomic E-state index is 12.1. The van der Waals surface area contributed by atoms with Gasteiger partial charge in [-0.15, -0.1) is 0 Å². The summed E-state index contributed by atoms with van der Waals surface area (Å²) in [4.78, 5) is 13.9. The van der Waals surface area contributed by atoms with Crippen LogP contribution >= 0.6 is 0 Å². The van der Waals surface area contributed by atoms with Crippen LogP contribution in [0, 0.1) is 5.92 Å². The number of nitrogens with two attached hydrogens (primary N) is 1. The van der Waals surface area contributed by atoms with Gasteiger partial charge in [-0.3, -0.25) is 4.79 Å². The first-order valence-electron chi connectivity index (χ1n) is 5.46. The normalized spacial score (nSPS) is 31.6. The van der Waals surface area contributed by atoms with Crippen LogP contribution in [0.1, 0.15) is 13.3 Å². The van der Waals surface area contributed by atoms with E-state index >= 15 is 0 Å². The van der Waals surface area contributed by atoms with Crippen LogP contribution in [-0.2, 0) is 9.53 Å². The highest BCUT2D eigenvalue weighted by atomic mass is 16.5. The second-order valence-corrected chi connectivity index (χ2v) is 4.39. The van der Waals surface area contributed by atoms with Gasteiger partial charge >= 0.3 is 0 Å². The molecule has 4 heteroatoms. The molecule has 2 N–H and O–H groups in total. The van der Waals surface area contributed by atoms with Crippen molar-refractivity contribution in [2.45, 2.75) is 19.4 Å². The number of nitrogens with zero attached hydrogens (tertiary/aromatic N) is 1. The van der Waals surface area contributed by atoms with E-state index in [4.69, 9.17) is 10.5 Å². The first kappa shape index (κ1) is 10.6. The van der Waals surface area contributed by atoms with Crippen LogP contribution in [0.4, 0.5) is 0 Å².